The zero-order valence-corrected chi connectivity index (χ0v) is 15.3. The molecule has 0 bridgehead atoms. The smallest absolute Gasteiger partial charge is 0.271 e. The van der Waals surface area contributed by atoms with Crippen LogP contribution in [0.15, 0.2) is 59.5 Å². The summed E-state index contributed by atoms with van der Waals surface area (Å²) in [6, 6.07) is 10.4. The van der Waals surface area contributed by atoms with E-state index in [0.717, 1.165) is 0 Å². The molecule has 0 aliphatic carbocycles. The maximum Gasteiger partial charge on any atom is 0.271 e. The van der Waals surface area contributed by atoms with Crippen molar-refractivity contribution in [2.24, 2.45) is 5.73 Å². The van der Waals surface area contributed by atoms with E-state index in [4.69, 9.17) is 10.2 Å². The number of aromatic nitrogens is 3. The highest BCUT2D eigenvalue weighted by molar-refractivity contribution is 5.99. The molecule has 8 nitrogen and oxygen atoms in total. The summed E-state index contributed by atoms with van der Waals surface area (Å²) < 4.78 is 20.2. The van der Waals surface area contributed by atoms with Gasteiger partial charge in [-0.3, -0.25) is 14.0 Å². The molecule has 3 aromatic heterocycles. The summed E-state index contributed by atoms with van der Waals surface area (Å²) in [5.74, 6) is -1.21. The van der Waals surface area contributed by atoms with Crippen molar-refractivity contribution < 1.29 is 18.4 Å². The maximum absolute atomic E-state index is 13.5. The summed E-state index contributed by atoms with van der Waals surface area (Å²) in [5.41, 5.74) is 6.57. The Hall–Kier alpha value is -4.01. The molecule has 1 aromatic carbocycles. The molecule has 0 aliphatic rings. The number of amides is 2. The van der Waals surface area contributed by atoms with Crippen molar-refractivity contribution in [2.45, 2.75) is 13.0 Å². The lowest BCUT2D eigenvalue weighted by Gasteiger charge is -2.15. The molecule has 0 aliphatic heterocycles. The summed E-state index contributed by atoms with van der Waals surface area (Å²) in [4.78, 5) is 33.0. The predicted molar refractivity (Wildman–Crippen MR) is 101 cm³/mol. The number of hydrogen-bond acceptors (Lipinski definition) is 5. The topological polar surface area (TPSA) is 116 Å². The molecule has 0 saturated heterocycles. The minimum atomic E-state index is -0.768. The number of rotatable bonds is 5. The van der Waals surface area contributed by atoms with Crippen LogP contribution in [0, 0.1) is 5.82 Å². The Morgan fingerprint density at radius 3 is 2.76 bits per heavy atom. The van der Waals surface area contributed by atoms with Gasteiger partial charge in [-0.15, -0.1) is 0 Å². The van der Waals surface area contributed by atoms with Crippen molar-refractivity contribution in [3.8, 4) is 11.5 Å². The van der Waals surface area contributed by atoms with Gasteiger partial charge in [0.25, 0.3) is 11.8 Å². The Morgan fingerprint density at radius 2 is 2.07 bits per heavy atom. The molecule has 3 N–H and O–H groups in total. The Balaban J connectivity index is 1.77. The Bertz CT molecular complexity index is 1220. The molecule has 29 heavy (non-hydrogen) atoms. The highest BCUT2D eigenvalue weighted by Gasteiger charge is 2.21. The zero-order chi connectivity index (χ0) is 20.5. The number of furan rings is 1. The number of primary amides is 1. The van der Waals surface area contributed by atoms with E-state index >= 15 is 0 Å². The van der Waals surface area contributed by atoms with Gasteiger partial charge in [-0.05, 0) is 42.8 Å². The van der Waals surface area contributed by atoms with Crippen LogP contribution in [0.1, 0.15) is 39.5 Å². The SMILES string of the molecule is CC(NC(=O)c1cc(-c2ccco2)nc2c(C(N)=O)ncn12)c1cccc(F)c1. The summed E-state index contributed by atoms with van der Waals surface area (Å²) >= 11 is 0. The molecule has 146 valence electrons. The molecule has 3 heterocycles. The lowest BCUT2D eigenvalue weighted by atomic mass is 10.1. The number of benzene rings is 1. The third-order valence-electron chi connectivity index (χ3n) is 4.44. The van der Waals surface area contributed by atoms with Crippen LogP contribution in [0.2, 0.25) is 0 Å². The first-order valence-electron chi connectivity index (χ1n) is 8.72. The minimum Gasteiger partial charge on any atom is -0.463 e. The van der Waals surface area contributed by atoms with E-state index in [1.807, 2.05) is 0 Å². The number of halogens is 1. The Morgan fingerprint density at radius 1 is 1.24 bits per heavy atom. The van der Waals surface area contributed by atoms with Crippen molar-refractivity contribution >= 4 is 17.5 Å². The van der Waals surface area contributed by atoms with Crippen molar-refractivity contribution in [1.29, 1.82) is 0 Å². The molecule has 9 heteroatoms. The average molecular weight is 393 g/mol. The van der Waals surface area contributed by atoms with Crippen molar-refractivity contribution in [3.63, 3.8) is 0 Å². The van der Waals surface area contributed by atoms with Crippen molar-refractivity contribution in [1.82, 2.24) is 19.7 Å². The molecule has 1 unspecified atom stereocenters. The molecule has 0 fully saturated rings. The number of hydrogen-bond donors (Lipinski definition) is 2. The monoisotopic (exact) mass is 393 g/mol. The fourth-order valence-electron chi connectivity index (χ4n) is 3.00. The first-order valence-corrected chi connectivity index (χ1v) is 8.72. The third kappa shape index (κ3) is 3.45. The van der Waals surface area contributed by atoms with Gasteiger partial charge in [0.15, 0.2) is 17.1 Å². The van der Waals surface area contributed by atoms with Crippen LogP contribution in [0.3, 0.4) is 0 Å². The minimum absolute atomic E-state index is 0.0642. The van der Waals surface area contributed by atoms with Gasteiger partial charge in [-0.1, -0.05) is 12.1 Å². The van der Waals surface area contributed by atoms with E-state index in [1.165, 1.54) is 35.2 Å². The maximum atomic E-state index is 13.5. The number of nitrogens with zero attached hydrogens (tertiary/aromatic N) is 3. The van der Waals surface area contributed by atoms with Gasteiger partial charge >= 0.3 is 0 Å². The molecule has 1 atom stereocenters. The van der Waals surface area contributed by atoms with E-state index in [9.17, 15) is 14.0 Å². The Labute approximate surface area is 164 Å². The standard InChI is InChI=1S/C20H16FN5O3/c1-11(12-4-2-5-13(21)8-12)24-20(28)15-9-14(16-6-3-7-29-16)25-19-17(18(22)27)23-10-26(15)19/h2-11H,1H3,(H2,22,27)(H,24,28). The fourth-order valence-corrected chi connectivity index (χ4v) is 3.00. The van der Waals surface area contributed by atoms with Crippen LogP contribution in [-0.4, -0.2) is 26.2 Å². The van der Waals surface area contributed by atoms with Gasteiger partial charge in [0.1, 0.15) is 23.5 Å². The van der Waals surface area contributed by atoms with E-state index in [1.54, 1.807) is 31.2 Å². The first-order chi connectivity index (χ1) is 13.9. The van der Waals surface area contributed by atoms with Crippen LogP contribution in [-0.2, 0) is 0 Å². The molecule has 4 rings (SSSR count). The summed E-state index contributed by atoms with van der Waals surface area (Å²) in [6.07, 6.45) is 2.77. The van der Waals surface area contributed by atoms with E-state index in [2.05, 4.69) is 15.3 Å². The summed E-state index contributed by atoms with van der Waals surface area (Å²) in [7, 11) is 0. The molecule has 4 aromatic rings. The van der Waals surface area contributed by atoms with Crippen LogP contribution in [0.4, 0.5) is 4.39 Å². The highest BCUT2D eigenvalue weighted by Crippen LogP contribution is 2.22. The van der Waals surface area contributed by atoms with Gasteiger partial charge < -0.3 is 15.5 Å². The van der Waals surface area contributed by atoms with Crippen LogP contribution >= 0.6 is 0 Å². The van der Waals surface area contributed by atoms with Gasteiger partial charge in [0.05, 0.1) is 12.3 Å². The molecular weight excluding hydrogens is 377 g/mol. The largest absolute Gasteiger partial charge is 0.463 e. The van der Waals surface area contributed by atoms with Gasteiger partial charge in [0, 0.05) is 0 Å². The number of imidazole rings is 1. The molecule has 0 spiro atoms. The number of nitrogens with two attached hydrogens (primary N) is 1. The van der Waals surface area contributed by atoms with E-state index in [0.29, 0.717) is 17.0 Å². The normalized spacial score (nSPS) is 12.1. The highest BCUT2D eigenvalue weighted by atomic mass is 19.1. The van der Waals surface area contributed by atoms with Crippen LogP contribution in [0.25, 0.3) is 17.1 Å². The Kier molecular flexibility index (Phi) is 4.55. The first kappa shape index (κ1) is 18.4. The van der Waals surface area contributed by atoms with Gasteiger partial charge in [-0.25, -0.2) is 14.4 Å². The zero-order valence-electron chi connectivity index (χ0n) is 15.3. The van der Waals surface area contributed by atoms with E-state index < -0.39 is 23.7 Å². The van der Waals surface area contributed by atoms with Crippen LogP contribution in [0.5, 0.6) is 0 Å². The summed E-state index contributed by atoms with van der Waals surface area (Å²) in [5, 5.41) is 2.81. The third-order valence-corrected chi connectivity index (χ3v) is 4.44. The van der Waals surface area contributed by atoms with Gasteiger partial charge in [-0.2, -0.15) is 0 Å². The lowest BCUT2D eigenvalue weighted by molar-refractivity contribution is 0.0932. The van der Waals surface area contributed by atoms with E-state index in [-0.39, 0.29) is 17.0 Å². The number of carbonyl (C=O) groups excluding carboxylic acids is 2. The van der Waals surface area contributed by atoms with Crippen molar-refractivity contribution in [3.05, 3.63) is 77.8 Å². The van der Waals surface area contributed by atoms with Crippen molar-refractivity contribution in [2.75, 3.05) is 0 Å². The fraction of sp³-hybridized carbons (Fsp3) is 0.100. The summed E-state index contributed by atoms with van der Waals surface area (Å²) in [6.45, 7) is 1.74. The lowest BCUT2D eigenvalue weighted by Crippen LogP contribution is -2.28. The van der Waals surface area contributed by atoms with Crippen LogP contribution < -0.4 is 11.1 Å². The average Bonchev–Trinajstić information content (AvgIpc) is 3.36. The quantitative estimate of drug-likeness (QED) is 0.541. The second-order valence-electron chi connectivity index (χ2n) is 6.41. The molecule has 2 amide bonds. The molecular formula is C20H16FN5O3. The predicted octanol–water partition coefficient (Wildman–Crippen LogP) is 2.72. The molecule has 0 radical (unpaired) electrons. The second kappa shape index (κ2) is 7.19. The number of fused-ring (bicyclic) bond motifs is 1. The number of nitrogens with one attached hydrogen (secondary N) is 1. The van der Waals surface area contributed by atoms with Gasteiger partial charge in [0.2, 0.25) is 0 Å². The molecule has 0 saturated carbocycles. The second-order valence-corrected chi connectivity index (χ2v) is 6.41. The number of carbonyl (C=O) groups is 2.